The van der Waals surface area contributed by atoms with Crippen LogP contribution in [0.1, 0.15) is 36.1 Å². The smallest absolute Gasteiger partial charge is 0.224 e. The van der Waals surface area contributed by atoms with Crippen molar-refractivity contribution in [3.63, 3.8) is 0 Å². The molecule has 31 heavy (non-hydrogen) atoms. The van der Waals surface area contributed by atoms with Crippen molar-refractivity contribution in [2.75, 3.05) is 17.2 Å². The molecule has 1 atom stereocenters. The van der Waals surface area contributed by atoms with Crippen LogP contribution in [0.3, 0.4) is 0 Å². The molecule has 4 heterocycles. The van der Waals surface area contributed by atoms with Crippen LogP contribution in [0.5, 0.6) is 0 Å². The summed E-state index contributed by atoms with van der Waals surface area (Å²) in [5.41, 5.74) is 4.55. The summed E-state index contributed by atoms with van der Waals surface area (Å²) in [5, 5.41) is 6.87. The number of unbranched alkanes of at least 4 members (excludes halogenated alkanes) is 1. The molecule has 160 valence electrons. The number of hydrogen-bond donors (Lipinski definition) is 2. The maximum Gasteiger partial charge on any atom is 0.224 e. The van der Waals surface area contributed by atoms with Crippen molar-refractivity contribution in [1.29, 1.82) is 0 Å². The molecule has 1 aromatic carbocycles. The van der Waals surface area contributed by atoms with Crippen molar-refractivity contribution in [2.45, 2.75) is 51.4 Å². The number of nitrogens with one attached hydrogen (secondary N) is 2. The van der Waals surface area contributed by atoms with E-state index in [1.807, 2.05) is 34.3 Å². The molecule has 0 fully saturated rings. The van der Waals surface area contributed by atoms with E-state index in [-0.39, 0.29) is 12.1 Å². The van der Waals surface area contributed by atoms with Crippen molar-refractivity contribution in [2.24, 2.45) is 0 Å². The number of anilines is 2. The maximum absolute atomic E-state index is 12.6. The topological polar surface area (TPSA) is 88.0 Å². The van der Waals surface area contributed by atoms with Crippen molar-refractivity contribution in [3.05, 3.63) is 66.0 Å². The van der Waals surface area contributed by atoms with Crippen molar-refractivity contribution >= 4 is 17.5 Å². The Bertz CT molecular complexity index is 1020. The molecule has 0 saturated heterocycles. The fourth-order valence-electron chi connectivity index (χ4n) is 4.29. The first-order valence-corrected chi connectivity index (χ1v) is 10.9. The second-order valence-corrected chi connectivity index (χ2v) is 8.19. The normalized spacial score (nSPS) is 17.0. The van der Waals surface area contributed by atoms with Gasteiger partial charge in [0.1, 0.15) is 6.17 Å². The molecule has 1 unspecified atom stereocenters. The standard InChI is InChI=1S/C23H27N7O/c31-22(7-3-4-10-29-12-9-24-16-29)30-11-8-20-18(15-30)14-25-23(27-20)28-21-13-17-5-1-2-6-19(17)26-21/h1-2,5-6,9,12,14,16,21,26H,3-4,7-8,10-11,13,15H2,(H,25,27,28). The Morgan fingerprint density at radius 1 is 1.23 bits per heavy atom. The molecule has 8 heteroatoms. The molecule has 3 aromatic rings. The number of rotatable bonds is 7. The van der Waals surface area contributed by atoms with Crippen LogP contribution < -0.4 is 10.6 Å². The monoisotopic (exact) mass is 417 g/mol. The SMILES string of the molecule is O=C(CCCCn1ccnc1)N1CCc2nc(NC3Cc4ccccc4N3)ncc2C1. The molecular formula is C23H27N7O. The fraction of sp³-hybridized carbons (Fsp3) is 0.391. The summed E-state index contributed by atoms with van der Waals surface area (Å²) in [7, 11) is 0. The van der Waals surface area contributed by atoms with E-state index in [1.54, 1.807) is 6.20 Å². The second-order valence-electron chi connectivity index (χ2n) is 8.19. The molecule has 5 rings (SSSR count). The highest BCUT2D eigenvalue weighted by atomic mass is 16.2. The van der Waals surface area contributed by atoms with Crippen LogP contribution in [-0.4, -0.2) is 43.0 Å². The van der Waals surface area contributed by atoms with E-state index in [2.05, 4.69) is 38.8 Å². The lowest BCUT2D eigenvalue weighted by atomic mass is 10.1. The van der Waals surface area contributed by atoms with Gasteiger partial charge in [-0.1, -0.05) is 18.2 Å². The van der Waals surface area contributed by atoms with E-state index in [0.29, 0.717) is 18.9 Å². The van der Waals surface area contributed by atoms with Crippen LogP contribution in [0.4, 0.5) is 11.6 Å². The summed E-state index contributed by atoms with van der Waals surface area (Å²) in [6.07, 6.45) is 11.6. The number of benzene rings is 1. The van der Waals surface area contributed by atoms with E-state index in [1.165, 1.54) is 5.56 Å². The number of para-hydroxylation sites is 1. The molecule has 2 aliphatic heterocycles. The minimum Gasteiger partial charge on any atom is -0.365 e. The van der Waals surface area contributed by atoms with E-state index in [4.69, 9.17) is 4.98 Å². The first-order chi connectivity index (χ1) is 15.2. The third kappa shape index (κ3) is 4.52. The number of nitrogens with zero attached hydrogens (tertiary/aromatic N) is 5. The third-order valence-electron chi connectivity index (χ3n) is 5.98. The Kier molecular flexibility index (Phi) is 5.52. The van der Waals surface area contributed by atoms with Gasteiger partial charge < -0.3 is 20.1 Å². The molecule has 0 saturated carbocycles. The second kappa shape index (κ2) is 8.75. The van der Waals surface area contributed by atoms with E-state index >= 15 is 0 Å². The number of aromatic nitrogens is 4. The number of carbonyl (C=O) groups excluding carboxylic acids is 1. The van der Waals surface area contributed by atoms with Crippen LogP contribution in [0.25, 0.3) is 0 Å². The molecule has 0 bridgehead atoms. The fourth-order valence-corrected chi connectivity index (χ4v) is 4.29. The van der Waals surface area contributed by atoms with E-state index in [9.17, 15) is 4.79 Å². The molecule has 1 amide bonds. The van der Waals surface area contributed by atoms with Gasteiger partial charge >= 0.3 is 0 Å². The molecule has 2 aromatic heterocycles. The van der Waals surface area contributed by atoms with Gasteiger partial charge in [-0.2, -0.15) is 0 Å². The zero-order chi connectivity index (χ0) is 21.0. The lowest BCUT2D eigenvalue weighted by Gasteiger charge is -2.28. The number of carbonyl (C=O) groups is 1. The van der Waals surface area contributed by atoms with Crippen molar-refractivity contribution < 1.29 is 4.79 Å². The van der Waals surface area contributed by atoms with E-state index < -0.39 is 0 Å². The Hall–Kier alpha value is -3.42. The van der Waals surface area contributed by atoms with Gasteiger partial charge in [0.15, 0.2) is 0 Å². The molecule has 2 aliphatic rings. The third-order valence-corrected chi connectivity index (χ3v) is 5.98. The summed E-state index contributed by atoms with van der Waals surface area (Å²) in [4.78, 5) is 27.8. The highest BCUT2D eigenvalue weighted by Gasteiger charge is 2.24. The number of amides is 1. The predicted molar refractivity (Wildman–Crippen MR) is 118 cm³/mol. The van der Waals surface area contributed by atoms with Gasteiger partial charge in [-0.3, -0.25) is 4.79 Å². The number of hydrogen-bond acceptors (Lipinski definition) is 6. The quantitative estimate of drug-likeness (QED) is 0.575. The Morgan fingerprint density at radius 3 is 3.03 bits per heavy atom. The lowest BCUT2D eigenvalue weighted by molar-refractivity contribution is -0.132. The van der Waals surface area contributed by atoms with Crippen LogP contribution in [0.2, 0.25) is 0 Å². The highest BCUT2D eigenvalue weighted by molar-refractivity contribution is 5.76. The number of aryl methyl sites for hydroxylation is 1. The molecule has 0 aliphatic carbocycles. The Balaban J connectivity index is 1.12. The van der Waals surface area contributed by atoms with Crippen LogP contribution in [0, 0.1) is 0 Å². The summed E-state index contributed by atoms with van der Waals surface area (Å²) in [5.74, 6) is 0.856. The first-order valence-electron chi connectivity index (χ1n) is 10.9. The maximum atomic E-state index is 12.6. The van der Waals surface area contributed by atoms with Crippen molar-refractivity contribution in [1.82, 2.24) is 24.4 Å². The average molecular weight is 418 g/mol. The zero-order valence-corrected chi connectivity index (χ0v) is 17.5. The first kappa shape index (κ1) is 19.5. The van der Waals surface area contributed by atoms with Crippen LogP contribution in [0.15, 0.2) is 49.2 Å². The highest BCUT2D eigenvalue weighted by Crippen LogP contribution is 2.26. The molecule has 8 nitrogen and oxygen atoms in total. The minimum absolute atomic E-state index is 0.0967. The lowest BCUT2D eigenvalue weighted by Crippen LogP contribution is -2.36. The number of fused-ring (bicyclic) bond motifs is 2. The zero-order valence-electron chi connectivity index (χ0n) is 17.5. The van der Waals surface area contributed by atoms with Gasteiger partial charge in [0.25, 0.3) is 0 Å². The Labute approximate surface area is 181 Å². The number of imidazole rings is 1. The van der Waals surface area contributed by atoms with Gasteiger partial charge in [-0.05, 0) is 24.5 Å². The summed E-state index contributed by atoms with van der Waals surface area (Å²) in [6.45, 7) is 2.22. The summed E-state index contributed by atoms with van der Waals surface area (Å²) < 4.78 is 2.05. The van der Waals surface area contributed by atoms with Gasteiger partial charge in [0, 0.05) is 68.7 Å². The van der Waals surface area contributed by atoms with Gasteiger partial charge in [-0.15, -0.1) is 0 Å². The summed E-state index contributed by atoms with van der Waals surface area (Å²) in [6, 6.07) is 8.33. The van der Waals surface area contributed by atoms with Gasteiger partial charge in [-0.25, -0.2) is 15.0 Å². The average Bonchev–Trinajstić information content (AvgIpc) is 3.45. The Morgan fingerprint density at radius 2 is 2.16 bits per heavy atom. The molecule has 2 N–H and O–H groups in total. The van der Waals surface area contributed by atoms with E-state index in [0.717, 1.165) is 55.7 Å². The largest absolute Gasteiger partial charge is 0.365 e. The van der Waals surface area contributed by atoms with Gasteiger partial charge in [0.05, 0.1) is 12.0 Å². The van der Waals surface area contributed by atoms with Crippen molar-refractivity contribution in [3.8, 4) is 0 Å². The predicted octanol–water partition coefficient (Wildman–Crippen LogP) is 2.83. The van der Waals surface area contributed by atoms with Crippen LogP contribution >= 0.6 is 0 Å². The molecule has 0 radical (unpaired) electrons. The molecular weight excluding hydrogens is 390 g/mol. The van der Waals surface area contributed by atoms with Crippen LogP contribution in [-0.2, 0) is 30.7 Å². The summed E-state index contributed by atoms with van der Waals surface area (Å²) >= 11 is 0. The molecule has 0 spiro atoms. The minimum atomic E-state index is 0.0967. The van der Waals surface area contributed by atoms with Gasteiger partial charge in [0.2, 0.25) is 11.9 Å².